The smallest absolute Gasteiger partial charge is 0.481 e. The molecule has 4 nitrogen and oxygen atoms in total. The maximum Gasteiger partial charge on any atom is 2.00 e. The molecule has 0 aliphatic carbocycles. The maximum atomic E-state index is 9.43. The van der Waals surface area contributed by atoms with Gasteiger partial charge in [-0.15, -0.1) is 0 Å². The van der Waals surface area contributed by atoms with Crippen molar-refractivity contribution < 1.29 is 19.8 Å². The maximum absolute atomic E-state index is 9.43. The van der Waals surface area contributed by atoms with E-state index in [2.05, 4.69) is 13.8 Å². The minimum absolute atomic E-state index is 0. The van der Waals surface area contributed by atoms with Crippen LogP contribution in [-0.4, -0.2) is 71.0 Å². The molecule has 0 aliphatic rings. The Kier molecular flexibility index (Phi) is 43.0. The van der Waals surface area contributed by atoms with Crippen LogP contribution in [0.25, 0.3) is 0 Å². The Balaban J connectivity index is -0.0000000560. The van der Waals surface area contributed by atoms with Crippen LogP contribution in [0.15, 0.2) is 0 Å². The molecule has 12 heavy (non-hydrogen) atoms. The monoisotopic (exact) mass is 300 g/mol. The van der Waals surface area contributed by atoms with Crippen molar-refractivity contribution in [2.45, 2.75) is 20.3 Å². The summed E-state index contributed by atoms with van der Waals surface area (Å²) in [7, 11) is 0. The summed E-state index contributed by atoms with van der Waals surface area (Å²) < 4.78 is 0. The van der Waals surface area contributed by atoms with Gasteiger partial charge in [-0.3, -0.25) is 9.59 Å². The zero-order valence-corrected chi connectivity index (χ0v) is 12.0. The molecule has 0 aliphatic heterocycles. The van der Waals surface area contributed by atoms with Crippen molar-refractivity contribution in [1.82, 2.24) is 0 Å². The van der Waals surface area contributed by atoms with E-state index in [1.807, 2.05) is 0 Å². The van der Waals surface area contributed by atoms with Crippen molar-refractivity contribution in [1.29, 1.82) is 0 Å². The van der Waals surface area contributed by atoms with Crippen LogP contribution in [0, 0.1) is 13.8 Å². The molecule has 0 bridgehead atoms. The third-order valence-electron chi connectivity index (χ3n) is 0.302. The summed E-state index contributed by atoms with van der Waals surface area (Å²) in [5, 5.41) is 15.4. The van der Waals surface area contributed by atoms with Gasteiger partial charge in [-0.1, -0.05) is 0 Å². The van der Waals surface area contributed by atoms with Gasteiger partial charge in [0, 0.05) is 0 Å². The third kappa shape index (κ3) is 46.7. The van der Waals surface area contributed by atoms with Crippen LogP contribution in [-0.2, 0) is 9.59 Å². The van der Waals surface area contributed by atoms with E-state index in [0.29, 0.717) is 0 Å². The quantitative estimate of drug-likeness (QED) is 0.450. The fourth-order valence-corrected chi connectivity index (χ4v) is 0.129. The number of aliphatic carboxylic acids is 2. The first-order valence-electron chi connectivity index (χ1n) is 2.98. The number of hydrogen-bond donors (Lipinski definition) is 2. The first kappa shape index (κ1) is 22.9. The fourth-order valence-electron chi connectivity index (χ4n) is 0.129. The Morgan fingerprint density at radius 1 is 1.00 bits per heavy atom. The summed E-state index contributed by atoms with van der Waals surface area (Å²) in [6.45, 7) is 10.0. The number of hydrogen-bond acceptors (Lipinski definition) is 2. The van der Waals surface area contributed by atoms with Crippen molar-refractivity contribution in [3.8, 4) is 0 Å². The molecule has 0 heterocycles. The molecule has 0 atom stereocenters. The van der Waals surface area contributed by atoms with Gasteiger partial charge in [0.15, 0.2) is 0 Å². The Bertz CT molecular complexity index is 91.6. The van der Waals surface area contributed by atoms with E-state index in [1.165, 1.54) is 0 Å². The molecule has 0 aromatic heterocycles. The van der Waals surface area contributed by atoms with Crippen molar-refractivity contribution >= 4 is 60.8 Å². The van der Waals surface area contributed by atoms with Crippen molar-refractivity contribution in [3.05, 3.63) is 13.8 Å². The van der Waals surface area contributed by atoms with Crippen molar-refractivity contribution in [3.63, 3.8) is 0 Å². The van der Waals surface area contributed by atoms with Gasteiger partial charge < -0.3 is 24.1 Å². The zero-order chi connectivity index (χ0) is 9.86. The minimum Gasteiger partial charge on any atom is -0.481 e. The molecular formula is C7H14BaO4. The molecule has 0 fully saturated rings. The fraction of sp³-hybridized carbons (Fsp3) is 0.429. The van der Waals surface area contributed by atoms with Crippen LogP contribution in [0.4, 0.5) is 0 Å². The second-order valence-corrected chi connectivity index (χ2v) is 0.964. The number of carboxylic acid groups (broad SMARTS) is 2. The molecule has 0 saturated heterocycles. The van der Waals surface area contributed by atoms with Gasteiger partial charge in [-0.05, 0) is 0 Å². The standard InChI is InChI=1S/C3H4O4.2C2H5.Ba/c4-2(5)1-3(6)7;2*1-2;/h1H2,(H,4,5)(H,6,7);2*1H2,2H3;/q;2*-1;+2. The van der Waals surface area contributed by atoms with Crippen LogP contribution in [0.2, 0.25) is 0 Å². The van der Waals surface area contributed by atoms with E-state index < -0.39 is 18.4 Å². The first-order valence-corrected chi connectivity index (χ1v) is 2.98. The Morgan fingerprint density at radius 3 is 1.17 bits per heavy atom. The predicted molar refractivity (Wildman–Crippen MR) is 47.7 cm³/mol. The molecule has 0 aromatic carbocycles. The molecule has 68 valence electrons. The average molecular weight is 300 g/mol. The first-order chi connectivity index (χ1) is 5.13. The van der Waals surface area contributed by atoms with Gasteiger partial charge >= 0.3 is 60.8 Å². The molecule has 0 radical (unpaired) electrons. The average Bonchev–Trinajstić information content (AvgIpc) is 1.93. The Morgan fingerprint density at radius 2 is 1.17 bits per heavy atom. The summed E-state index contributed by atoms with van der Waals surface area (Å²) in [5.74, 6) is -2.62. The molecular weight excluding hydrogens is 285 g/mol. The molecule has 0 aromatic rings. The zero-order valence-electron chi connectivity index (χ0n) is 7.54. The van der Waals surface area contributed by atoms with Crippen LogP contribution in [0.1, 0.15) is 20.3 Å². The molecule has 0 rings (SSSR count). The largest absolute Gasteiger partial charge is 2.00 e. The molecule has 0 spiro atoms. The normalized spacial score (nSPS) is 5.67. The van der Waals surface area contributed by atoms with E-state index in [0.717, 1.165) is 0 Å². The van der Waals surface area contributed by atoms with E-state index in [-0.39, 0.29) is 48.9 Å². The van der Waals surface area contributed by atoms with Gasteiger partial charge in [0.2, 0.25) is 0 Å². The van der Waals surface area contributed by atoms with E-state index >= 15 is 0 Å². The van der Waals surface area contributed by atoms with E-state index in [9.17, 15) is 9.59 Å². The molecule has 5 heteroatoms. The van der Waals surface area contributed by atoms with Gasteiger partial charge in [-0.2, -0.15) is 13.8 Å². The van der Waals surface area contributed by atoms with Crippen molar-refractivity contribution in [2.75, 3.05) is 0 Å². The van der Waals surface area contributed by atoms with Gasteiger partial charge in [0.1, 0.15) is 6.42 Å². The second kappa shape index (κ2) is 22.5. The number of carbonyl (C=O) groups is 2. The molecule has 0 unspecified atom stereocenters. The van der Waals surface area contributed by atoms with Gasteiger partial charge in [-0.25, -0.2) is 0 Å². The topological polar surface area (TPSA) is 74.6 Å². The molecule has 0 saturated carbocycles. The van der Waals surface area contributed by atoms with Crippen LogP contribution in [0.3, 0.4) is 0 Å². The molecule has 0 amide bonds. The van der Waals surface area contributed by atoms with Gasteiger partial charge in [0.05, 0.1) is 0 Å². The minimum atomic E-state index is -1.31. The number of rotatable bonds is 2. The summed E-state index contributed by atoms with van der Waals surface area (Å²) in [4.78, 5) is 18.9. The van der Waals surface area contributed by atoms with Gasteiger partial charge in [0.25, 0.3) is 0 Å². The summed E-state index contributed by atoms with van der Waals surface area (Å²) >= 11 is 0. The molecule has 2 N–H and O–H groups in total. The van der Waals surface area contributed by atoms with Crippen molar-refractivity contribution in [2.24, 2.45) is 0 Å². The summed E-state index contributed by atoms with van der Waals surface area (Å²) in [5.41, 5.74) is 0. The Hall–Kier alpha value is 0.511. The van der Waals surface area contributed by atoms with Crippen LogP contribution >= 0.6 is 0 Å². The SMILES string of the molecule is O=C(O)CC(=O)O.[Ba+2].[CH2-]C.[CH2-]C. The van der Waals surface area contributed by atoms with E-state index in [4.69, 9.17) is 10.2 Å². The van der Waals surface area contributed by atoms with Crippen LogP contribution < -0.4 is 0 Å². The predicted octanol–water partition coefficient (Wildman–Crippen LogP) is 0.846. The summed E-state index contributed by atoms with van der Waals surface area (Å²) in [6, 6.07) is 0. The Labute approximate surface area is 113 Å². The number of carboxylic acids is 2. The second-order valence-electron chi connectivity index (χ2n) is 0.964. The third-order valence-corrected chi connectivity index (χ3v) is 0.302. The van der Waals surface area contributed by atoms with E-state index in [1.54, 1.807) is 13.8 Å². The summed E-state index contributed by atoms with van der Waals surface area (Å²) in [6.07, 6.45) is -0.806. The van der Waals surface area contributed by atoms with Crippen LogP contribution in [0.5, 0.6) is 0 Å².